The number of fused-ring (bicyclic) bond motifs is 6. The quantitative estimate of drug-likeness (QED) is 0.0316. The summed E-state index contributed by atoms with van der Waals surface area (Å²) in [4.78, 5) is 20.2. The Morgan fingerprint density at radius 2 is 1.40 bits per heavy atom. The van der Waals surface area contributed by atoms with Gasteiger partial charge in [0.1, 0.15) is 6.54 Å². The van der Waals surface area contributed by atoms with E-state index in [0.717, 1.165) is 71.5 Å². The first-order valence-electron chi connectivity index (χ1n) is 25.7. The Hall–Kier alpha value is -6.43. The molecule has 378 valence electrons. The van der Waals surface area contributed by atoms with Gasteiger partial charge in [0.25, 0.3) is 10.1 Å². The molecule has 0 fully saturated rings. The van der Waals surface area contributed by atoms with E-state index in [2.05, 4.69) is 169 Å². The highest BCUT2D eigenvalue weighted by Gasteiger charge is 2.46. The van der Waals surface area contributed by atoms with E-state index in [-0.39, 0.29) is 29.3 Å². The van der Waals surface area contributed by atoms with Crippen molar-refractivity contribution < 1.29 is 37.4 Å². The van der Waals surface area contributed by atoms with Crippen molar-refractivity contribution in [2.75, 3.05) is 23.7 Å². The zero-order valence-corrected chi connectivity index (χ0v) is 44.4. The number of carbonyl (C=O) groups excluding carboxylic acids is 1. The lowest BCUT2D eigenvalue weighted by molar-refractivity contribution is -0.438. The molecule has 0 bridgehead atoms. The average molecular weight is 991 g/mol. The van der Waals surface area contributed by atoms with Crippen LogP contribution in [0, 0.1) is 27.7 Å². The zero-order chi connectivity index (χ0) is 51.7. The number of unbranched alkanes of at least 4 members (excludes halogenated alkanes) is 4. The molecule has 3 N–H and O–H groups in total. The normalized spacial score (nSPS) is 15.9. The highest BCUT2D eigenvalue weighted by molar-refractivity contribution is 7.85. The fourth-order valence-corrected chi connectivity index (χ4v) is 12.0. The molecule has 0 aliphatic carbocycles. The molecule has 6 aromatic rings. The van der Waals surface area contributed by atoms with Crippen LogP contribution in [0.15, 0.2) is 115 Å². The summed E-state index contributed by atoms with van der Waals surface area (Å²) in [5, 5.41) is 24.9. The summed E-state index contributed by atoms with van der Waals surface area (Å²) in [7, 11) is -4.09. The van der Waals surface area contributed by atoms with E-state index in [1.807, 2.05) is 0 Å². The molecular weight excluding hydrogens is 919 g/mol. The zero-order valence-electron chi connectivity index (χ0n) is 43.6. The van der Waals surface area contributed by atoms with E-state index in [9.17, 15) is 28.0 Å². The molecular formula is C61H72N3O7S+. The van der Waals surface area contributed by atoms with Crippen LogP contribution >= 0.6 is 0 Å². The molecule has 0 amide bonds. The lowest BCUT2D eigenvalue weighted by atomic mass is 9.78. The van der Waals surface area contributed by atoms with E-state index < -0.39 is 21.5 Å². The fraction of sp³-hybridized carbons (Fsp3) is 0.377. The summed E-state index contributed by atoms with van der Waals surface area (Å²) in [5.74, 6) is -1.53. The highest BCUT2D eigenvalue weighted by Crippen LogP contribution is 2.52. The predicted octanol–water partition coefficient (Wildman–Crippen LogP) is 13.4. The van der Waals surface area contributed by atoms with Crippen LogP contribution in [0.25, 0.3) is 27.1 Å². The number of aryl methyl sites for hydroxylation is 5. The van der Waals surface area contributed by atoms with Crippen molar-refractivity contribution in [3.8, 4) is 11.8 Å². The van der Waals surface area contributed by atoms with Crippen LogP contribution in [0.2, 0.25) is 0 Å². The molecule has 72 heavy (non-hydrogen) atoms. The lowest BCUT2D eigenvalue weighted by Gasteiger charge is -2.27. The Morgan fingerprint density at radius 3 is 2.07 bits per heavy atom. The van der Waals surface area contributed by atoms with Gasteiger partial charge in [-0.1, -0.05) is 99.0 Å². The van der Waals surface area contributed by atoms with Gasteiger partial charge in [0.2, 0.25) is 17.4 Å². The average Bonchev–Trinajstić information content (AvgIpc) is 3.83. The number of rotatable bonds is 19. The maximum absolute atomic E-state index is 12.7. The third-order valence-corrected chi connectivity index (χ3v) is 15.6. The molecule has 8 rings (SSSR count). The first-order chi connectivity index (χ1) is 34.2. The third kappa shape index (κ3) is 10.7. The summed E-state index contributed by atoms with van der Waals surface area (Å²) >= 11 is 0. The van der Waals surface area contributed by atoms with Crippen molar-refractivity contribution in [3.05, 3.63) is 159 Å². The number of aromatic hydroxyl groups is 2. The molecule has 10 nitrogen and oxygen atoms in total. The molecule has 0 radical (unpaired) electrons. The monoisotopic (exact) mass is 991 g/mol. The Balaban J connectivity index is 1.22. The second-order valence-corrected chi connectivity index (χ2v) is 22.7. The molecule has 2 aliphatic heterocycles. The molecule has 11 heteroatoms. The second-order valence-electron chi connectivity index (χ2n) is 21.1. The smallest absolute Gasteiger partial charge is 0.333 e. The summed E-state index contributed by atoms with van der Waals surface area (Å²) in [6.45, 7) is 21.7. The second kappa shape index (κ2) is 21.0. The van der Waals surface area contributed by atoms with Crippen molar-refractivity contribution in [1.82, 2.24) is 4.73 Å². The van der Waals surface area contributed by atoms with Gasteiger partial charge in [0.15, 0.2) is 5.71 Å². The van der Waals surface area contributed by atoms with E-state index in [1.165, 1.54) is 78.5 Å². The van der Waals surface area contributed by atoms with Gasteiger partial charge in [-0.25, -0.2) is 4.79 Å². The minimum Gasteiger partial charge on any atom is -0.492 e. The van der Waals surface area contributed by atoms with Gasteiger partial charge in [-0.05, 0) is 159 Å². The lowest BCUT2D eigenvalue weighted by Crippen LogP contribution is -2.28. The van der Waals surface area contributed by atoms with Crippen LogP contribution < -0.4 is 9.74 Å². The number of anilines is 1. The van der Waals surface area contributed by atoms with E-state index in [1.54, 1.807) is 0 Å². The van der Waals surface area contributed by atoms with Crippen molar-refractivity contribution in [3.63, 3.8) is 0 Å². The molecule has 2 aliphatic rings. The highest BCUT2D eigenvalue weighted by atomic mass is 32.2. The topological polar surface area (TPSA) is 132 Å². The molecule has 0 saturated carbocycles. The standard InChI is InChI=1S/C61H71N3O7S/c1-10-11-14-32-62-51-26-24-47-42(4)35-40(2)37-49(47)58(51)60(6,7)53(62)28-22-45(46-20-17-19-44(39-46)18-12-13-21-57(67)71-64-55(65)30-31-56(64)66)23-29-54-61(8,9)59-50-38-41(3)36-43(5)48(50)25-27-52(59)63(54)33-15-16-34-72(68,69)70/h17,19-20,22-31,35-39H,10-16,18,21,32-34H2,1-9H3,(H2-,65,66,68,69,70)/p+1. The largest absolute Gasteiger partial charge is 0.492 e. The number of nitrogens with zero attached hydrogens (tertiary/aromatic N) is 3. The Labute approximate surface area is 426 Å². The molecule has 0 unspecified atom stereocenters. The third-order valence-electron chi connectivity index (χ3n) is 14.8. The number of aromatic nitrogens is 1. The number of carbonyl (C=O) groups is 1. The van der Waals surface area contributed by atoms with E-state index in [0.29, 0.717) is 25.8 Å². The summed E-state index contributed by atoms with van der Waals surface area (Å²) < 4.78 is 36.5. The number of hydrogen-bond acceptors (Lipinski definition) is 7. The summed E-state index contributed by atoms with van der Waals surface area (Å²) in [6, 6.07) is 29.3. The first kappa shape index (κ1) is 51.9. The van der Waals surface area contributed by atoms with Gasteiger partial charge >= 0.3 is 5.97 Å². The van der Waals surface area contributed by atoms with Gasteiger partial charge in [-0.3, -0.25) is 4.55 Å². The molecule has 5 aromatic carbocycles. The van der Waals surface area contributed by atoms with Gasteiger partial charge in [-0.15, -0.1) is 4.73 Å². The van der Waals surface area contributed by atoms with Crippen molar-refractivity contribution in [2.24, 2.45) is 0 Å². The van der Waals surface area contributed by atoms with E-state index >= 15 is 0 Å². The van der Waals surface area contributed by atoms with E-state index in [4.69, 9.17) is 4.84 Å². The van der Waals surface area contributed by atoms with Crippen LogP contribution in [0.3, 0.4) is 0 Å². The number of hydrogen-bond donors (Lipinski definition) is 3. The minimum atomic E-state index is -4.09. The van der Waals surface area contributed by atoms with Crippen LogP contribution in [-0.2, 0) is 32.2 Å². The molecule has 0 spiro atoms. The maximum atomic E-state index is 12.7. The van der Waals surface area contributed by atoms with Crippen molar-refractivity contribution in [2.45, 2.75) is 131 Å². The fourth-order valence-electron chi connectivity index (χ4n) is 11.4. The minimum absolute atomic E-state index is 0.122. The Bertz CT molecular complexity index is 3290. The maximum Gasteiger partial charge on any atom is 0.333 e. The number of benzene rings is 5. The molecule has 0 atom stereocenters. The van der Waals surface area contributed by atoms with Gasteiger partial charge < -0.3 is 20.0 Å². The molecule has 1 aromatic heterocycles. The molecule has 0 saturated heterocycles. The van der Waals surface area contributed by atoms with Crippen molar-refractivity contribution >= 4 is 60.3 Å². The Morgan fingerprint density at radius 1 is 0.736 bits per heavy atom. The Kier molecular flexibility index (Phi) is 15.1. The van der Waals surface area contributed by atoms with Crippen LogP contribution in [0.1, 0.15) is 130 Å². The summed E-state index contributed by atoms with van der Waals surface area (Å²) in [5.41, 5.74) is 14.7. The number of allylic oxidation sites excluding steroid dienone is 6. The van der Waals surface area contributed by atoms with Crippen LogP contribution in [-0.4, -0.2) is 63.0 Å². The van der Waals surface area contributed by atoms with Crippen LogP contribution in [0.5, 0.6) is 11.8 Å². The van der Waals surface area contributed by atoms with Crippen LogP contribution in [0.4, 0.5) is 11.4 Å². The predicted molar refractivity (Wildman–Crippen MR) is 294 cm³/mol. The first-order valence-corrected chi connectivity index (χ1v) is 27.3. The SMILES string of the molecule is CCCCC[N+]1=C(C=CC(=CC=C2N(CCCCS(=O)(=O)O)c3ccc4c(C)cc(C)cc4c3C2(C)C)c2cccc(CCCCC(=O)On3c(O)ccc3O)c2)C(C)(C)c2c1ccc1c(C)cc(C)cc21. The molecule has 3 heterocycles. The summed E-state index contributed by atoms with van der Waals surface area (Å²) in [6.07, 6.45) is 15.5. The van der Waals surface area contributed by atoms with Gasteiger partial charge in [0, 0.05) is 66.0 Å². The van der Waals surface area contributed by atoms with Gasteiger partial charge in [0.05, 0.1) is 11.2 Å². The van der Waals surface area contributed by atoms with Gasteiger partial charge in [-0.2, -0.15) is 13.0 Å². The van der Waals surface area contributed by atoms with Crippen molar-refractivity contribution in [1.29, 1.82) is 0 Å².